The van der Waals surface area contributed by atoms with Gasteiger partial charge in [0.1, 0.15) is 0 Å². The lowest BCUT2D eigenvalue weighted by Crippen LogP contribution is -2.25. The molecule has 0 heterocycles. The maximum atomic E-state index is 8.99. The maximum Gasteiger partial charge on any atom is 0.0524 e. The summed E-state index contributed by atoms with van der Waals surface area (Å²) in [6.45, 7) is 8.32. The van der Waals surface area contributed by atoms with Gasteiger partial charge in [-0.25, -0.2) is 0 Å². The van der Waals surface area contributed by atoms with Gasteiger partial charge in [0.2, 0.25) is 0 Å². The summed E-state index contributed by atoms with van der Waals surface area (Å²) in [6, 6.07) is 0. The van der Waals surface area contributed by atoms with Crippen LogP contribution in [-0.2, 0) is 0 Å². The van der Waals surface area contributed by atoms with Gasteiger partial charge in [-0.3, -0.25) is 0 Å². The Hall–Kier alpha value is -0.0800. The van der Waals surface area contributed by atoms with Crippen molar-refractivity contribution in [1.82, 2.24) is 5.32 Å². The smallest absolute Gasteiger partial charge is 0.0524 e. The van der Waals surface area contributed by atoms with E-state index in [1.807, 2.05) is 6.92 Å². The maximum absolute atomic E-state index is 8.99. The van der Waals surface area contributed by atoms with Crippen LogP contribution in [0.4, 0.5) is 0 Å². The molecule has 12 heavy (non-hydrogen) atoms. The van der Waals surface area contributed by atoms with E-state index in [-0.39, 0.29) is 6.10 Å². The van der Waals surface area contributed by atoms with Gasteiger partial charge in [0, 0.05) is 0 Å². The fraction of sp³-hybridized carbons (Fsp3) is 1.00. The third kappa shape index (κ3) is 6.62. The topological polar surface area (TPSA) is 32.3 Å². The van der Waals surface area contributed by atoms with Gasteiger partial charge < -0.3 is 10.4 Å². The number of nitrogens with one attached hydrogen (secondary N) is 1. The van der Waals surface area contributed by atoms with Crippen molar-refractivity contribution in [1.29, 1.82) is 0 Å². The van der Waals surface area contributed by atoms with Crippen LogP contribution in [0.5, 0.6) is 0 Å². The molecular weight excluding hydrogens is 150 g/mol. The Morgan fingerprint density at radius 1 is 1.25 bits per heavy atom. The molecule has 0 bridgehead atoms. The van der Waals surface area contributed by atoms with E-state index in [1.165, 1.54) is 12.8 Å². The first kappa shape index (κ1) is 11.9. The van der Waals surface area contributed by atoms with Crippen LogP contribution < -0.4 is 5.32 Å². The molecule has 74 valence electrons. The van der Waals surface area contributed by atoms with Gasteiger partial charge >= 0.3 is 0 Å². The summed E-state index contributed by atoms with van der Waals surface area (Å²) in [6.07, 6.45) is 3.19. The Kier molecular flexibility index (Phi) is 7.51. The molecule has 2 heteroatoms. The summed E-state index contributed by atoms with van der Waals surface area (Å²) in [7, 11) is 0. The summed E-state index contributed by atoms with van der Waals surface area (Å²) in [5.74, 6) is 0.805. The fourth-order valence-corrected chi connectivity index (χ4v) is 1.19. The highest BCUT2D eigenvalue weighted by molar-refractivity contribution is 4.59. The van der Waals surface area contributed by atoms with Crippen molar-refractivity contribution < 1.29 is 5.11 Å². The first-order chi connectivity index (χ1) is 5.70. The molecule has 0 spiro atoms. The number of hydrogen-bond donors (Lipinski definition) is 2. The van der Waals surface area contributed by atoms with Crippen LogP contribution in [-0.4, -0.2) is 24.3 Å². The first-order valence-corrected chi connectivity index (χ1v) is 5.09. The zero-order chi connectivity index (χ0) is 9.40. The molecule has 0 aromatic carbocycles. The van der Waals surface area contributed by atoms with Crippen LogP contribution in [0.25, 0.3) is 0 Å². The van der Waals surface area contributed by atoms with E-state index >= 15 is 0 Å². The van der Waals surface area contributed by atoms with Crippen LogP contribution in [0, 0.1) is 5.92 Å². The van der Waals surface area contributed by atoms with E-state index in [2.05, 4.69) is 19.2 Å². The van der Waals surface area contributed by atoms with E-state index in [1.54, 1.807) is 0 Å². The highest BCUT2D eigenvalue weighted by Crippen LogP contribution is 2.04. The van der Waals surface area contributed by atoms with Gasteiger partial charge in [-0.15, -0.1) is 0 Å². The highest BCUT2D eigenvalue weighted by Gasteiger charge is 2.02. The molecule has 0 radical (unpaired) electrons. The highest BCUT2D eigenvalue weighted by atomic mass is 16.3. The van der Waals surface area contributed by atoms with Crippen molar-refractivity contribution in [3.63, 3.8) is 0 Å². The second-order valence-corrected chi connectivity index (χ2v) is 3.52. The Labute approximate surface area is 76.4 Å². The predicted molar refractivity (Wildman–Crippen MR) is 53.2 cm³/mol. The molecule has 0 aliphatic heterocycles. The molecule has 0 saturated carbocycles. The van der Waals surface area contributed by atoms with E-state index < -0.39 is 0 Å². The predicted octanol–water partition coefficient (Wildman–Crippen LogP) is 1.78. The Morgan fingerprint density at radius 3 is 2.25 bits per heavy atom. The number of aliphatic hydroxyl groups excluding tert-OH is 1. The molecule has 0 rings (SSSR count). The summed E-state index contributed by atoms with van der Waals surface area (Å²) < 4.78 is 0. The van der Waals surface area contributed by atoms with Crippen molar-refractivity contribution >= 4 is 0 Å². The van der Waals surface area contributed by atoms with Crippen LogP contribution in [0.2, 0.25) is 0 Å². The molecule has 1 atom stereocenters. The summed E-state index contributed by atoms with van der Waals surface area (Å²) in [5.41, 5.74) is 0. The average Bonchev–Trinajstić information content (AvgIpc) is 2.04. The lowest BCUT2D eigenvalue weighted by Gasteiger charge is -2.13. The quantitative estimate of drug-likeness (QED) is 0.575. The minimum Gasteiger partial charge on any atom is -0.393 e. The first-order valence-electron chi connectivity index (χ1n) is 5.09. The summed E-state index contributed by atoms with van der Waals surface area (Å²) in [5, 5.41) is 12.4. The lowest BCUT2D eigenvalue weighted by atomic mass is 10.0. The molecular formula is C10H23NO. The Morgan fingerprint density at radius 2 is 1.83 bits per heavy atom. The van der Waals surface area contributed by atoms with Crippen molar-refractivity contribution in [2.24, 2.45) is 5.92 Å². The molecule has 0 aliphatic rings. The van der Waals surface area contributed by atoms with E-state index in [9.17, 15) is 0 Å². The van der Waals surface area contributed by atoms with Crippen molar-refractivity contribution in [2.45, 2.75) is 46.1 Å². The molecule has 0 aliphatic carbocycles. The zero-order valence-electron chi connectivity index (χ0n) is 8.64. The largest absolute Gasteiger partial charge is 0.393 e. The number of aliphatic hydroxyl groups is 1. The molecule has 2 N–H and O–H groups in total. The van der Waals surface area contributed by atoms with E-state index in [0.717, 1.165) is 25.4 Å². The van der Waals surface area contributed by atoms with Crippen molar-refractivity contribution in [2.75, 3.05) is 13.1 Å². The molecule has 2 nitrogen and oxygen atoms in total. The molecule has 0 saturated heterocycles. The van der Waals surface area contributed by atoms with Gasteiger partial charge in [-0.2, -0.15) is 0 Å². The Bertz CT molecular complexity index is 89.8. The fourth-order valence-electron chi connectivity index (χ4n) is 1.19. The Balaban J connectivity index is 3.17. The van der Waals surface area contributed by atoms with E-state index in [4.69, 9.17) is 5.11 Å². The molecule has 0 aromatic heterocycles. The molecule has 1 unspecified atom stereocenters. The second-order valence-electron chi connectivity index (χ2n) is 3.52. The number of rotatable bonds is 7. The van der Waals surface area contributed by atoms with Crippen LogP contribution >= 0.6 is 0 Å². The monoisotopic (exact) mass is 173 g/mol. The van der Waals surface area contributed by atoms with Gasteiger partial charge in [0.05, 0.1) is 6.10 Å². The van der Waals surface area contributed by atoms with Crippen LogP contribution in [0.1, 0.15) is 40.0 Å². The van der Waals surface area contributed by atoms with Gasteiger partial charge in [0.15, 0.2) is 0 Å². The number of hydrogen-bond acceptors (Lipinski definition) is 2. The zero-order valence-corrected chi connectivity index (χ0v) is 8.64. The summed E-state index contributed by atoms with van der Waals surface area (Å²) >= 11 is 0. The van der Waals surface area contributed by atoms with Crippen molar-refractivity contribution in [3.05, 3.63) is 0 Å². The third-order valence-corrected chi connectivity index (χ3v) is 2.33. The SMILES string of the molecule is CCC(CC)CNCCC(C)O. The lowest BCUT2D eigenvalue weighted by molar-refractivity contribution is 0.183. The van der Waals surface area contributed by atoms with Gasteiger partial charge in [-0.05, 0) is 32.4 Å². The van der Waals surface area contributed by atoms with Gasteiger partial charge in [-0.1, -0.05) is 26.7 Å². The minimum atomic E-state index is -0.167. The molecule has 0 aromatic rings. The van der Waals surface area contributed by atoms with Gasteiger partial charge in [0.25, 0.3) is 0 Å². The molecule has 0 amide bonds. The normalized spacial score (nSPS) is 13.8. The second kappa shape index (κ2) is 7.56. The van der Waals surface area contributed by atoms with Crippen LogP contribution in [0.15, 0.2) is 0 Å². The summed E-state index contributed by atoms with van der Waals surface area (Å²) in [4.78, 5) is 0. The van der Waals surface area contributed by atoms with E-state index in [0.29, 0.717) is 0 Å². The third-order valence-electron chi connectivity index (χ3n) is 2.33. The molecule has 0 fully saturated rings. The standard InChI is InChI=1S/C10H23NO/c1-4-10(5-2)8-11-7-6-9(3)12/h9-12H,4-8H2,1-3H3. The van der Waals surface area contributed by atoms with Crippen molar-refractivity contribution in [3.8, 4) is 0 Å². The minimum absolute atomic E-state index is 0.167. The average molecular weight is 173 g/mol. The van der Waals surface area contributed by atoms with Crippen LogP contribution in [0.3, 0.4) is 0 Å².